The van der Waals surface area contributed by atoms with Gasteiger partial charge in [-0.1, -0.05) is 0 Å². The molecule has 30 heavy (non-hydrogen) atoms. The van der Waals surface area contributed by atoms with E-state index >= 15 is 0 Å². The summed E-state index contributed by atoms with van der Waals surface area (Å²) in [7, 11) is 3.32. The number of methoxy groups -OCH3 is 2. The number of carbonyl (C=O) groups excluding carboxylic acids is 1. The van der Waals surface area contributed by atoms with Crippen LogP contribution in [0.5, 0.6) is 11.5 Å². The van der Waals surface area contributed by atoms with Crippen molar-refractivity contribution in [1.29, 1.82) is 0 Å². The van der Waals surface area contributed by atoms with E-state index in [1.165, 1.54) is 12.8 Å². The van der Waals surface area contributed by atoms with E-state index in [4.69, 9.17) is 19.0 Å². The van der Waals surface area contributed by atoms with E-state index in [0.717, 1.165) is 49.2 Å². The first-order chi connectivity index (χ1) is 14.5. The van der Waals surface area contributed by atoms with Crippen LogP contribution in [0.3, 0.4) is 0 Å². The molecule has 0 radical (unpaired) electrons. The molecular formula is C23H32N2O5. The molecule has 7 nitrogen and oxygen atoms in total. The van der Waals surface area contributed by atoms with Crippen LogP contribution < -0.4 is 15.0 Å². The van der Waals surface area contributed by atoms with Crippen LogP contribution in [-0.2, 0) is 14.4 Å². The fourth-order valence-electron chi connectivity index (χ4n) is 4.62. The number of hydrogen-bond acceptors (Lipinski definition) is 6. The molecule has 2 fully saturated rings. The molecule has 1 amide bonds. The van der Waals surface area contributed by atoms with Gasteiger partial charge in [-0.2, -0.15) is 0 Å². The Bertz CT molecular complexity index is 805. The van der Waals surface area contributed by atoms with Gasteiger partial charge in [0.25, 0.3) is 5.91 Å². The molecule has 2 atom stereocenters. The fourth-order valence-corrected chi connectivity index (χ4v) is 4.62. The van der Waals surface area contributed by atoms with Crippen molar-refractivity contribution in [2.24, 2.45) is 0 Å². The number of hydrogen-bond donors (Lipinski definition) is 1. The number of likely N-dealkylation sites (tertiary alicyclic amines) is 1. The Morgan fingerprint density at radius 1 is 1.20 bits per heavy atom. The van der Waals surface area contributed by atoms with Crippen molar-refractivity contribution >= 4 is 11.6 Å². The van der Waals surface area contributed by atoms with Gasteiger partial charge in [-0.25, -0.2) is 0 Å². The van der Waals surface area contributed by atoms with E-state index in [9.17, 15) is 4.79 Å². The molecule has 0 spiro atoms. The number of nitrogens with zero attached hydrogens (tertiary/aromatic N) is 1. The maximum Gasteiger partial charge on any atom is 0.261 e. The summed E-state index contributed by atoms with van der Waals surface area (Å²) < 4.78 is 17.0. The van der Waals surface area contributed by atoms with Crippen LogP contribution in [0.15, 0.2) is 24.3 Å². The van der Waals surface area contributed by atoms with Gasteiger partial charge in [-0.15, -0.1) is 0 Å². The minimum atomic E-state index is -1.06. The summed E-state index contributed by atoms with van der Waals surface area (Å²) in [6, 6.07) is 5.91. The summed E-state index contributed by atoms with van der Waals surface area (Å²) in [5.41, 5.74) is 3.56. The maximum atomic E-state index is 13.2. The molecule has 3 aliphatic rings. The van der Waals surface area contributed by atoms with Gasteiger partial charge in [0.1, 0.15) is 0 Å². The molecule has 1 N–H and O–H groups in total. The Labute approximate surface area is 178 Å². The summed E-state index contributed by atoms with van der Waals surface area (Å²) in [5.74, 6) is 1.40. The Morgan fingerprint density at radius 3 is 2.73 bits per heavy atom. The monoisotopic (exact) mass is 416 g/mol. The van der Waals surface area contributed by atoms with E-state index in [1.807, 2.05) is 29.2 Å². The highest BCUT2D eigenvalue weighted by atomic mass is 16.7. The zero-order valence-electron chi connectivity index (χ0n) is 18.1. The zero-order valence-corrected chi connectivity index (χ0v) is 18.1. The van der Waals surface area contributed by atoms with Crippen LogP contribution >= 0.6 is 0 Å². The van der Waals surface area contributed by atoms with Crippen LogP contribution in [0.4, 0.5) is 0 Å². The number of nitrogens with one attached hydrogen (secondary N) is 1. The van der Waals surface area contributed by atoms with Gasteiger partial charge in [0.15, 0.2) is 17.1 Å². The van der Waals surface area contributed by atoms with E-state index in [0.29, 0.717) is 12.4 Å². The van der Waals surface area contributed by atoms with Crippen LogP contribution in [0, 0.1) is 0 Å². The Balaban J connectivity index is 1.54. The predicted octanol–water partition coefficient (Wildman–Crippen LogP) is 3.29. The third-order valence-electron chi connectivity index (χ3n) is 6.28. The van der Waals surface area contributed by atoms with Crippen LogP contribution in [0.2, 0.25) is 0 Å². The average molecular weight is 417 g/mol. The minimum absolute atomic E-state index is 0.0412. The minimum Gasteiger partial charge on any atom is -0.493 e. The summed E-state index contributed by atoms with van der Waals surface area (Å²) >= 11 is 0. The molecule has 2 heterocycles. The Morgan fingerprint density at radius 2 is 2.00 bits per heavy atom. The van der Waals surface area contributed by atoms with Crippen molar-refractivity contribution in [2.45, 2.75) is 63.2 Å². The summed E-state index contributed by atoms with van der Waals surface area (Å²) in [4.78, 5) is 20.9. The largest absolute Gasteiger partial charge is 0.493 e. The smallest absolute Gasteiger partial charge is 0.261 e. The van der Waals surface area contributed by atoms with Crippen molar-refractivity contribution in [2.75, 3.05) is 27.4 Å². The number of amides is 1. The first kappa shape index (κ1) is 21.0. The topological polar surface area (TPSA) is 69.3 Å². The number of benzene rings is 1. The van der Waals surface area contributed by atoms with Crippen molar-refractivity contribution in [3.05, 3.63) is 29.8 Å². The van der Waals surface area contributed by atoms with Crippen molar-refractivity contribution in [3.63, 3.8) is 0 Å². The van der Waals surface area contributed by atoms with Gasteiger partial charge in [0.05, 0.1) is 31.6 Å². The molecule has 4 rings (SSSR count). The molecule has 2 aliphatic heterocycles. The first-order valence-corrected chi connectivity index (χ1v) is 10.9. The van der Waals surface area contributed by atoms with Crippen molar-refractivity contribution in [3.8, 4) is 11.5 Å². The molecule has 164 valence electrons. The molecule has 2 unspecified atom stereocenters. The molecular weight excluding hydrogens is 384 g/mol. The van der Waals surface area contributed by atoms with Gasteiger partial charge < -0.3 is 19.1 Å². The molecule has 1 aromatic carbocycles. The SMILES string of the molecule is COCC1CCCN1C(=O)C1(C)C=C(c2ccc(OC)c(OC3CCCC3)c2)NO1. The van der Waals surface area contributed by atoms with E-state index < -0.39 is 5.60 Å². The average Bonchev–Trinajstić information content (AvgIpc) is 3.50. The van der Waals surface area contributed by atoms with E-state index in [1.54, 1.807) is 21.1 Å². The normalized spacial score (nSPS) is 26.6. The fraction of sp³-hybridized carbons (Fsp3) is 0.609. The van der Waals surface area contributed by atoms with Crippen LogP contribution in [0.25, 0.3) is 5.70 Å². The molecule has 1 saturated heterocycles. The van der Waals surface area contributed by atoms with Crippen LogP contribution in [0.1, 0.15) is 51.0 Å². The summed E-state index contributed by atoms with van der Waals surface area (Å²) in [6.45, 7) is 3.08. The van der Waals surface area contributed by atoms with Gasteiger partial charge in [-0.3, -0.25) is 15.1 Å². The molecule has 7 heteroatoms. The lowest BCUT2D eigenvalue weighted by Crippen LogP contribution is -2.50. The number of ether oxygens (including phenoxy) is 3. The lowest BCUT2D eigenvalue weighted by Gasteiger charge is -2.30. The maximum absolute atomic E-state index is 13.2. The second kappa shape index (κ2) is 8.86. The highest BCUT2D eigenvalue weighted by Crippen LogP contribution is 2.36. The quantitative estimate of drug-likeness (QED) is 0.736. The predicted molar refractivity (Wildman–Crippen MR) is 113 cm³/mol. The summed E-state index contributed by atoms with van der Waals surface area (Å²) in [5, 5.41) is 0. The number of hydroxylamine groups is 1. The lowest BCUT2D eigenvalue weighted by molar-refractivity contribution is -0.154. The van der Waals surface area contributed by atoms with Gasteiger partial charge >= 0.3 is 0 Å². The Hall–Kier alpha value is -2.25. The molecule has 1 aromatic rings. The second-order valence-corrected chi connectivity index (χ2v) is 8.51. The van der Waals surface area contributed by atoms with Gasteiger partial charge in [0.2, 0.25) is 0 Å². The second-order valence-electron chi connectivity index (χ2n) is 8.51. The third kappa shape index (κ3) is 4.14. The summed E-state index contributed by atoms with van der Waals surface area (Å²) in [6.07, 6.45) is 8.59. The Kier molecular flexibility index (Phi) is 6.20. The van der Waals surface area contributed by atoms with E-state index in [2.05, 4.69) is 5.48 Å². The van der Waals surface area contributed by atoms with E-state index in [-0.39, 0.29) is 18.1 Å². The van der Waals surface area contributed by atoms with Crippen molar-refractivity contribution < 1.29 is 23.8 Å². The highest BCUT2D eigenvalue weighted by molar-refractivity contribution is 5.90. The number of carbonyl (C=O) groups is 1. The van der Waals surface area contributed by atoms with Gasteiger partial charge in [0, 0.05) is 19.2 Å². The lowest BCUT2D eigenvalue weighted by atomic mass is 10.0. The number of rotatable bonds is 7. The molecule has 0 bridgehead atoms. The standard InChI is InChI=1S/C23H32N2O5/c1-23(22(26)25-12-6-7-17(25)15-27-2)14-19(24-30-23)16-10-11-20(28-3)21(13-16)29-18-8-4-5-9-18/h10-11,13-14,17-18,24H,4-9,12,15H2,1-3H3. The van der Waals surface area contributed by atoms with Crippen LogP contribution in [-0.4, -0.2) is 55.9 Å². The molecule has 0 aromatic heterocycles. The molecule has 1 saturated carbocycles. The van der Waals surface area contributed by atoms with Gasteiger partial charge in [-0.05, 0) is 69.7 Å². The first-order valence-electron chi connectivity index (χ1n) is 10.9. The third-order valence-corrected chi connectivity index (χ3v) is 6.28. The zero-order chi connectivity index (χ0) is 21.1. The highest BCUT2D eigenvalue weighted by Gasteiger charge is 2.44. The molecule has 1 aliphatic carbocycles. The van der Waals surface area contributed by atoms with Crippen molar-refractivity contribution in [1.82, 2.24) is 10.4 Å².